The third-order valence-corrected chi connectivity index (χ3v) is 3.19. The normalized spacial score (nSPS) is 12.1. The third kappa shape index (κ3) is 4.06. The largest absolute Gasteiger partial charge is 0.396 e. The average molecular weight is 289 g/mol. The van der Waals surface area contributed by atoms with Crippen molar-refractivity contribution in [3.05, 3.63) is 30.5 Å². The zero-order valence-corrected chi connectivity index (χ0v) is 11.8. The van der Waals surface area contributed by atoms with E-state index < -0.39 is 11.8 Å². The zero-order valence-electron chi connectivity index (χ0n) is 11.8. The highest BCUT2D eigenvalue weighted by Gasteiger charge is 2.16. The Kier molecular flexibility index (Phi) is 4.94. The van der Waals surface area contributed by atoms with Crippen molar-refractivity contribution in [3.8, 4) is 0 Å². The number of benzene rings is 1. The van der Waals surface area contributed by atoms with E-state index in [4.69, 9.17) is 5.11 Å². The summed E-state index contributed by atoms with van der Waals surface area (Å²) in [6, 6.07) is 7.11. The summed E-state index contributed by atoms with van der Waals surface area (Å²) in [6.07, 6.45) is 3.03. The molecule has 21 heavy (non-hydrogen) atoms. The first-order valence-corrected chi connectivity index (χ1v) is 6.90. The molecule has 1 atom stereocenters. The minimum absolute atomic E-state index is 0.0725. The molecule has 0 spiro atoms. The maximum atomic E-state index is 11.8. The van der Waals surface area contributed by atoms with Gasteiger partial charge in [0.2, 0.25) is 0 Å². The first-order valence-electron chi connectivity index (χ1n) is 6.90. The molecular formula is C15H19N3O3. The first-order chi connectivity index (χ1) is 10.1. The van der Waals surface area contributed by atoms with E-state index in [0.717, 1.165) is 10.9 Å². The molecule has 0 saturated carbocycles. The molecule has 2 amide bonds. The summed E-state index contributed by atoms with van der Waals surface area (Å²) in [6.45, 7) is 1.87. The van der Waals surface area contributed by atoms with E-state index in [-0.39, 0.29) is 12.6 Å². The van der Waals surface area contributed by atoms with Gasteiger partial charge in [-0.15, -0.1) is 0 Å². The van der Waals surface area contributed by atoms with Crippen molar-refractivity contribution in [2.24, 2.45) is 0 Å². The zero-order chi connectivity index (χ0) is 15.2. The number of fused-ring (bicyclic) bond motifs is 1. The summed E-state index contributed by atoms with van der Waals surface area (Å²) >= 11 is 0. The van der Waals surface area contributed by atoms with Gasteiger partial charge >= 0.3 is 11.8 Å². The van der Waals surface area contributed by atoms with Gasteiger partial charge in [-0.2, -0.15) is 0 Å². The summed E-state index contributed by atoms with van der Waals surface area (Å²) in [7, 11) is 0. The third-order valence-electron chi connectivity index (χ3n) is 3.19. The van der Waals surface area contributed by atoms with Gasteiger partial charge in [0.15, 0.2) is 0 Å². The minimum Gasteiger partial charge on any atom is -0.396 e. The number of rotatable bonds is 5. The first kappa shape index (κ1) is 15.1. The number of carbonyl (C=O) groups is 2. The predicted octanol–water partition coefficient (Wildman–Crippen LogP) is 1.38. The van der Waals surface area contributed by atoms with Crippen LogP contribution in [0.2, 0.25) is 0 Å². The van der Waals surface area contributed by atoms with Crippen LogP contribution in [-0.2, 0) is 9.59 Å². The van der Waals surface area contributed by atoms with Crippen LogP contribution in [0, 0.1) is 0 Å². The van der Waals surface area contributed by atoms with Crippen LogP contribution < -0.4 is 10.6 Å². The summed E-state index contributed by atoms with van der Waals surface area (Å²) in [5, 5.41) is 14.9. The lowest BCUT2D eigenvalue weighted by Gasteiger charge is -2.13. The molecular weight excluding hydrogens is 270 g/mol. The van der Waals surface area contributed by atoms with Crippen LogP contribution >= 0.6 is 0 Å². The van der Waals surface area contributed by atoms with Crippen LogP contribution in [0.5, 0.6) is 0 Å². The number of aromatic nitrogens is 1. The van der Waals surface area contributed by atoms with Crippen LogP contribution in [-0.4, -0.2) is 34.6 Å². The van der Waals surface area contributed by atoms with Gasteiger partial charge in [0.25, 0.3) is 0 Å². The molecule has 0 aliphatic carbocycles. The van der Waals surface area contributed by atoms with Gasteiger partial charge in [0, 0.05) is 35.4 Å². The van der Waals surface area contributed by atoms with Gasteiger partial charge < -0.3 is 20.7 Å². The molecule has 6 nitrogen and oxygen atoms in total. The standard InChI is InChI=1S/C15H19N3O3/c1-10(3-2-8-19)17-14(20)15(21)18-12-4-5-13-11(9-12)6-7-16-13/h4-7,9-10,16,19H,2-3,8H2,1H3,(H,17,20)(H,18,21). The monoisotopic (exact) mass is 289 g/mol. The second kappa shape index (κ2) is 6.90. The number of amides is 2. The molecule has 4 N–H and O–H groups in total. The van der Waals surface area contributed by atoms with E-state index in [0.29, 0.717) is 18.5 Å². The molecule has 1 aromatic heterocycles. The second-order valence-electron chi connectivity index (χ2n) is 4.97. The fraction of sp³-hybridized carbons (Fsp3) is 0.333. The van der Waals surface area contributed by atoms with E-state index >= 15 is 0 Å². The van der Waals surface area contributed by atoms with Gasteiger partial charge in [-0.05, 0) is 44.0 Å². The molecule has 1 unspecified atom stereocenters. The molecule has 112 valence electrons. The number of H-pyrrole nitrogens is 1. The maximum absolute atomic E-state index is 11.8. The Balaban J connectivity index is 1.92. The number of anilines is 1. The Bertz CT molecular complexity index is 636. The number of hydrogen-bond acceptors (Lipinski definition) is 3. The quantitative estimate of drug-likeness (QED) is 0.626. The van der Waals surface area contributed by atoms with Gasteiger partial charge in [0.1, 0.15) is 0 Å². The van der Waals surface area contributed by atoms with Crippen molar-refractivity contribution >= 4 is 28.4 Å². The Labute approximate surface area is 122 Å². The molecule has 2 aromatic rings. The van der Waals surface area contributed by atoms with E-state index in [1.807, 2.05) is 18.3 Å². The van der Waals surface area contributed by atoms with E-state index in [2.05, 4.69) is 15.6 Å². The Hall–Kier alpha value is -2.34. The second-order valence-corrected chi connectivity index (χ2v) is 4.97. The van der Waals surface area contributed by atoms with E-state index in [1.165, 1.54) is 0 Å². The SMILES string of the molecule is CC(CCCO)NC(=O)C(=O)Nc1ccc2[nH]ccc2c1. The molecule has 0 radical (unpaired) electrons. The highest BCUT2D eigenvalue weighted by atomic mass is 16.3. The van der Waals surface area contributed by atoms with Crippen LogP contribution in [0.3, 0.4) is 0 Å². The lowest BCUT2D eigenvalue weighted by molar-refractivity contribution is -0.136. The fourth-order valence-corrected chi connectivity index (χ4v) is 2.08. The number of aliphatic hydroxyl groups is 1. The average Bonchev–Trinajstić information content (AvgIpc) is 2.92. The fourth-order valence-electron chi connectivity index (χ4n) is 2.08. The van der Waals surface area contributed by atoms with Crippen LogP contribution in [0.1, 0.15) is 19.8 Å². The number of nitrogens with one attached hydrogen (secondary N) is 3. The minimum atomic E-state index is -0.694. The molecule has 0 fully saturated rings. The summed E-state index contributed by atoms with van der Waals surface area (Å²) in [5.74, 6) is -1.37. The van der Waals surface area contributed by atoms with Crippen molar-refractivity contribution in [1.29, 1.82) is 0 Å². The molecule has 1 heterocycles. The topological polar surface area (TPSA) is 94.2 Å². The maximum Gasteiger partial charge on any atom is 0.313 e. The van der Waals surface area contributed by atoms with Gasteiger partial charge in [-0.3, -0.25) is 9.59 Å². The van der Waals surface area contributed by atoms with Crippen molar-refractivity contribution in [1.82, 2.24) is 10.3 Å². The predicted molar refractivity (Wildman–Crippen MR) is 80.9 cm³/mol. The number of hydrogen-bond donors (Lipinski definition) is 4. The Morgan fingerprint density at radius 2 is 2.10 bits per heavy atom. The highest BCUT2D eigenvalue weighted by Crippen LogP contribution is 2.17. The summed E-state index contributed by atoms with van der Waals surface area (Å²) in [4.78, 5) is 26.6. The van der Waals surface area contributed by atoms with Crippen LogP contribution in [0.4, 0.5) is 5.69 Å². The molecule has 6 heteroatoms. The molecule has 0 bridgehead atoms. The van der Waals surface area contributed by atoms with Crippen LogP contribution in [0.15, 0.2) is 30.5 Å². The molecule has 2 rings (SSSR count). The molecule has 0 aliphatic heterocycles. The van der Waals surface area contributed by atoms with Crippen molar-refractivity contribution in [3.63, 3.8) is 0 Å². The Morgan fingerprint density at radius 1 is 1.29 bits per heavy atom. The van der Waals surface area contributed by atoms with Crippen LogP contribution in [0.25, 0.3) is 10.9 Å². The molecule has 0 saturated heterocycles. The smallest absolute Gasteiger partial charge is 0.313 e. The van der Waals surface area contributed by atoms with Crippen molar-refractivity contribution in [2.45, 2.75) is 25.8 Å². The number of carbonyl (C=O) groups excluding carboxylic acids is 2. The van der Waals surface area contributed by atoms with Crippen molar-refractivity contribution < 1.29 is 14.7 Å². The Morgan fingerprint density at radius 3 is 2.86 bits per heavy atom. The van der Waals surface area contributed by atoms with E-state index in [1.54, 1.807) is 19.1 Å². The summed E-state index contributed by atoms with van der Waals surface area (Å²) < 4.78 is 0. The molecule has 1 aromatic carbocycles. The van der Waals surface area contributed by atoms with Gasteiger partial charge in [0.05, 0.1) is 0 Å². The lowest BCUT2D eigenvalue weighted by atomic mass is 10.2. The summed E-state index contributed by atoms with van der Waals surface area (Å²) in [5.41, 5.74) is 1.54. The van der Waals surface area contributed by atoms with Crippen molar-refractivity contribution in [2.75, 3.05) is 11.9 Å². The highest BCUT2D eigenvalue weighted by molar-refractivity contribution is 6.39. The van der Waals surface area contributed by atoms with Gasteiger partial charge in [-0.1, -0.05) is 0 Å². The van der Waals surface area contributed by atoms with E-state index in [9.17, 15) is 9.59 Å². The number of aliphatic hydroxyl groups excluding tert-OH is 1. The van der Waals surface area contributed by atoms with Gasteiger partial charge in [-0.25, -0.2) is 0 Å². The number of aromatic amines is 1. The molecule has 0 aliphatic rings. The lowest BCUT2D eigenvalue weighted by Crippen LogP contribution is -2.40.